The summed E-state index contributed by atoms with van der Waals surface area (Å²) in [6.07, 6.45) is 0.145. The van der Waals surface area contributed by atoms with E-state index in [2.05, 4.69) is 9.72 Å². The molecule has 0 saturated carbocycles. The number of nitrogens with zero attached hydrogens (tertiary/aromatic N) is 1. The number of ether oxygens (including phenoxy) is 3. The maximum absolute atomic E-state index is 12.2. The van der Waals surface area contributed by atoms with E-state index in [1.165, 1.54) is 24.3 Å². The first-order valence-corrected chi connectivity index (χ1v) is 8.25. The van der Waals surface area contributed by atoms with Crippen LogP contribution in [0.5, 0.6) is 5.75 Å². The van der Waals surface area contributed by atoms with E-state index in [0.717, 1.165) is 0 Å². The van der Waals surface area contributed by atoms with Gasteiger partial charge in [0, 0.05) is 23.5 Å². The molecule has 1 aromatic heterocycles. The molecule has 0 aliphatic carbocycles. The number of carbonyl (C=O) groups is 2. The van der Waals surface area contributed by atoms with Crippen LogP contribution >= 0.6 is 0 Å². The fourth-order valence-corrected chi connectivity index (χ4v) is 2.72. The van der Waals surface area contributed by atoms with Gasteiger partial charge in [-0.3, -0.25) is 10.3 Å². The van der Waals surface area contributed by atoms with Crippen LogP contribution in [0, 0.1) is 5.41 Å². The van der Waals surface area contributed by atoms with Crippen LogP contribution in [0.4, 0.5) is 10.5 Å². The molecule has 1 amide bonds. The summed E-state index contributed by atoms with van der Waals surface area (Å²) >= 11 is 0. The Labute approximate surface area is 155 Å². The Hall–Kier alpha value is -3.49. The molecule has 27 heavy (non-hydrogen) atoms. The molecule has 2 unspecified atom stereocenters. The van der Waals surface area contributed by atoms with E-state index in [1.807, 2.05) is 0 Å². The largest absolute Gasteiger partial charge is 0.485 e. The molecule has 1 aliphatic heterocycles. The fraction of sp³-hybridized carbons (Fsp3) is 0.278. The van der Waals surface area contributed by atoms with Crippen LogP contribution in [0.2, 0.25) is 0 Å². The van der Waals surface area contributed by atoms with Gasteiger partial charge in [0.1, 0.15) is 23.4 Å². The smallest absolute Gasteiger partial charge is 0.414 e. The van der Waals surface area contributed by atoms with Gasteiger partial charge in [0.15, 0.2) is 6.10 Å². The van der Waals surface area contributed by atoms with E-state index in [4.69, 9.17) is 20.6 Å². The lowest BCUT2D eigenvalue weighted by atomic mass is 10.1. The van der Waals surface area contributed by atoms with Crippen molar-refractivity contribution in [2.45, 2.75) is 19.1 Å². The summed E-state index contributed by atoms with van der Waals surface area (Å²) in [7, 11) is 1.29. The van der Waals surface area contributed by atoms with E-state index >= 15 is 0 Å². The van der Waals surface area contributed by atoms with Gasteiger partial charge in [-0.05, 0) is 31.2 Å². The second kappa shape index (κ2) is 7.40. The molecule has 0 radical (unpaired) electrons. The Bertz CT molecular complexity index is 861. The molecule has 2 aromatic rings. The van der Waals surface area contributed by atoms with Crippen LogP contribution in [0.1, 0.15) is 23.0 Å². The summed E-state index contributed by atoms with van der Waals surface area (Å²) in [5.41, 5.74) is 6.94. The molecule has 2 atom stereocenters. The first kappa shape index (κ1) is 18.3. The Balaban J connectivity index is 1.64. The molecular formula is C18H20N4O5. The molecule has 0 spiro atoms. The number of hydrogen-bond acceptors (Lipinski definition) is 6. The lowest BCUT2D eigenvalue weighted by molar-refractivity contribution is 0.0576. The van der Waals surface area contributed by atoms with Gasteiger partial charge in [-0.2, -0.15) is 0 Å². The van der Waals surface area contributed by atoms with Gasteiger partial charge in [0.2, 0.25) is 0 Å². The fourth-order valence-electron chi connectivity index (χ4n) is 2.72. The monoisotopic (exact) mass is 372 g/mol. The summed E-state index contributed by atoms with van der Waals surface area (Å²) < 4.78 is 15.8. The molecule has 3 rings (SSSR count). The number of esters is 1. The molecule has 1 aromatic carbocycles. The zero-order valence-electron chi connectivity index (χ0n) is 14.9. The molecule has 2 heterocycles. The van der Waals surface area contributed by atoms with Gasteiger partial charge >= 0.3 is 12.1 Å². The van der Waals surface area contributed by atoms with E-state index in [1.54, 1.807) is 31.2 Å². The van der Waals surface area contributed by atoms with Crippen LogP contribution in [-0.4, -0.2) is 48.7 Å². The van der Waals surface area contributed by atoms with Gasteiger partial charge in [0.05, 0.1) is 13.7 Å². The predicted octanol–water partition coefficient (Wildman–Crippen LogP) is 1.88. The number of aromatic amines is 1. The van der Waals surface area contributed by atoms with E-state index < -0.39 is 24.3 Å². The van der Waals surface area contributed by atoms with Crippen molar-refractivity contribution in [3.8, 4) is 5.75 Å². The maximum Gasteiger partial charge on any atom is 0.414 e. The third-order valence-corrected chi connectivity index (χ3v) is 4.23. The highest BCUT2D eigenvalue weighted by Gasteiger charge is 2.37. The SMILES string of the molecule is COC(=O)c1cc(OC(C)C2CN(c3ccc(C(=N)N)cc3)C(=O)O2)c[nH]1. The number of H-pyrrole nitrogens is 1. The van der Waals surface area contributed by atoms with Crippen molar-refractivity contribution in [3.63, 3.8) is 0 Å². The van der Waals surface area contributed by atoms with Crippen molar-refractivity contribution in [2.75, 3.05) is 18.6 Å². The first-order chi connectivity index (χ1) is 12.9. The van der Waals surface area contributed by atoms with Crippen molar-refractivity contribution in [2.24, 2.45) is 5.73 Å². The minimum Gasteiger partial charge on any atom is -0.485 e. The number of nitrogens with one attached hydrogen (secondary N) is 2. The summed E-state index contributed by atoms with van der Waals surface area (Å²) in [6, 6.07) is 8.29. The number of methoxy groups -OCH3 is 1. The molecule has 9 nitrogen and oxygen atoms in total. The third kappa shape index (κ3) is 3.86. The summed E-state index contributed by atoms with van der Waals surface area (Å²) in [6.45, 7) is 2.10. The Morgan fingerprint density at radius 2 is 2.11 bits per heavy atom. The lowest BCUT2D eigenvalue weighted by Gasteiger charge is -2.18. The number of nitrogens with two attached hydrogens (primary N) is 1. The van der Waals surface area contributed by atoms with Gasteiger partial charge in [-0.25, -0.2) is 9.59 Å². The number of hydrogen-bond donors (Lipinski definition) is 3. The van der Waals surface area contributed by atoms with Crippen LogP contribution in [0.25, 0.3) is 0 Å². The van der Waals surface area contributed by atoms with Gasteiger partial charge in [-0.1, -0.05) is 0 Å². The average Bonchev–Trinajstić information content (AvgIpc) is 3.28. The zero-order valence-corrected chi connectivity index (χ0v) is 14.9. The number of benzene rings is 1. The highest BCUT2D eigenvalue weighted by Crippen LogP contribution is 2.25. The second-order valence-corrected chi connectivity index (χ2v) is 6.06. The van der Waals surface area contributed by atoms with Crippen LogP contribution in [0.15, 0.2) is 36.5 Å². The van der Waals surface area contributed by atoms with Crippen molar-refractivity contribution < 1.29 is 23.8 Å². The number of amides is 1. The van der Waals surface area contributed by atoms with Gasteiger partial charge < -0.3 is 24.9 Å². The number of cyclic esters (lactones) is 1. The highest BCUT2D eigenvalue weighted by atomic mass is 16.6. The average molecular weight is 372 g/mol. The number of rotatable bonds is 6. The van der Waals surface area contributed by atoms with Crippen molar-refractivity contribution in [3.05, 3.63) is 47.8 Å². The van der Waals surface area contributed by atoms with E-state index in [-0.39, 0.29) is 11.5 Å². The van der Waals surface area contributed by atoms with Crippen LogP contribution in [-0.2, 0) is 9.47 Å². The normalized spacial score (nSPS) is 17.3. The van der Waals surface area contributed by atoms with Gasteiger partial charge in [-0.15, -0.1) is 0 Å². The summed E-state index contributed by atoms with van der Waals surface area (Å²) in [4.78, 5) is 27.9. The summed E-state index contributed by atoms with van der Waals surface area (Å²) in [5, 5.41) is 7.42. The molecule has 1 saturated heterocycles. The molecule has 0 bridgehead atoms. The topological polar surface area (TPSA) is 131 Å². The molecule has 1 aliphatic rings. The van der Waals surface area contributed by atoms with Crippen molar-refractivity contribution in [1.29, 1.82) is 5.41 Å². The number of aromatic nitrogens is 1. The quantitative estimate of drug-likeness (QED) is 0.403. The Kier molecular flexibility index (Phi) is 5.02. The third-order valence-electron chi connectivity index (χ3n) is 4.23. The molecule has 142 valence electrons. The minimum absolute atomic E-state index is 0.0386. The molecular weight excluding hydrogens is 352 g/mol. The summed E-state index contributed by atoms with van der Waals surface area (Å²) in [5.74, 6) is -0.0866. The van der Waals surface area contributed by atoms with Crippen molar-refractivity contribution >= 4 is 23.6 Å². The number of amidine groups is 1. The number of carbonyl (C=O) groups excluding carboxylic acids is 2. The van der Waals surface area contributed by atoms with Crippen LogP contribution in [0.3, 0.4) is 0 Å². The number of nitrogen functional groups attached to an aromatic ring is 1. The number of anilines is 1. The van der Waals surface area contributed by atoms with Gasteiger partial charge in [0.25, 0.3) is 0 Å². The molecule has 4 N–H and O–H groups in total. The van der Waals surface area contributed by atoms with Crippen molar-refractivity contribution in [1.82, 2.24) is 4.98 Å². The first-order valence-electron chi connectivity index (χ1n) is 8.25. The lowest BCUT2D eigenvalue weighted by Crippen LogP contribution is -2.33. The highest BCUT2D eigenvalue weighted by molar-refractivity contribution is 5.96. The van der Waals surface area contributed by atoms with E-state index in [0.29, 0.717) is 23.5 Å². The standard InChI is InChI=1S/C18H20N4O5/c1-10(26-13-7-14(21-8-13)17(23)25-2)15-9-22(18(24)27-15)12-5-3-11(4-6-12)16(19)20/h3-8,10,15,21H,9H2,1-2H3,(H3,19,20). The van der Waals surface area contributed by atoms with E-state index in [9.17, 15) is 9.59 Å². The molecule has 1 fully saturated rings. The maximum atomic E-state index is 12.2. The predicted molar refractivity (Wildman–Crippen MR) is 97.3 cm³/mol. The minimum atomic E-state index is -0.495. The Morgan fingerprint density at radius 1 is 1.41 bits per heavy atom. The van der Waals surface area contributed by atoms with Crippen LogP contribution < -0.4 is 15.4 Å². The molecule has 9 heteroatoms. The second-order valence-electron chi connectivity index (χ2n) is 6.06. The Morgan fingerprint density at radius 3 is 2.74 bits per heavy atom. The zero-order chi connectivity index (χ0) is 19.6.